The number of halogens is 1. The molecule has 1 aliphatic rings. The topological polar surface area (TPSA) is 65.0 Å². The van der Waals surface area contributed by atoms with E-state index >= 15 is 0 Å². The first-order valence-electron chi connectivity index (χ1n) is 6.25. The summed E-state index contributed by atoms with van der Waals surface area (Å²) >= 11 is 0. The number of hydrogen-bond acceptors (Lipinski definition) is 4. The number of methoxy groups -OCH3 is 1. The van der Waals surface area contributed by atoms with Gasteiger partial charge in [0.05, 0.1) is 13.5 Å². The Labute approximate surface area is 116 Å². The van der Waals surface area contributed by atoms with Crippen molar-refractivity contribution in [1.82, 2.24) is 0 Å². The molecule has 0 spiro atoms. The molecule has 0 radical (unpaired) electrons. The first-order chi connectivity index (χ1) is 9.36. The van der Waals surface area contributed by atoms with Crippen molar-refractivity contribution in [2.75, 3.05) is 20.3 Å². The zero-order valence-corrected chi connectivity index (χ0v) is 11.7. The summed E-state index contributed by atoms with van der Waals surface area (Å²) in [6, 6.07) is 1.42. The summed E-state index contributed by atoms with van der Waals surface area (Å²) in [4.78, 5) is 11.0. The van der Waals surface area contributed by atoms with Crippen LogP contribution in [-0.4, -0.2) is 31.4 Å². The number of hydrogen-bond donors (Lipinski definition) is 1. The summed E-state index contributed by atoms with van der Waals surface area (Å²) < 4.78 is 30.5. The van der Waals surface area contributed by atoms with E-state index in [-0.39, 0.29) is 23.5 Å². The van der Waals surface area contributed by atoms with Gasteiger partial charge < -0.3 is 19.3 Å². The first-order valence-corrected chi connectivity index (χ1v) is 6.25. The SMILES string of the molecule is COc1cc2c(c(C(C)(C)CC(=O)O)c1F)OCCO2. The molecule has 0 saturated heterocycles. The molecule has 1 heterocycles. The lowest BCUT2D eigenvalue weighted by atomic mass is 9.80. The van der Waals surface area contributed by atoms with Crippen LogP contribution in [-0.2, 0) is 10.2 Å². The fourth-order valence-electron chi connectivity index (χ4n) is 2.36. The number of carboxylic acids is 1. The van der Waals surface area contributed by atoms with E-state index < -0.39 is 17.2 Å². The minimum Gasteiger partial charge on any atom is -0.494 e. The van der Waals surface area contributed by atoms with Gasteiger partial charge in [0.1, 0.15) is 13.2 Å². The molecule has 1 N–H and O–H groups in total. The Morgan fingerprint density at radius 3 is 2.70 bits per heavy atom. The van der Waals surface area contributed by atoms with E-state index in [1.165, 1.54) is 13.2 Å². The molecule has 0 aliphatic carbocycles. The second-order valence-electron chi connectivity index (χ2n) is 5.25. The highest BCUT2D eigenvalue weighted by molar-refractivity contribution is 5.70. The third-order valence-corrected chi connectivity index (χ3v) is 3.23. The second kappa shape index (κ2) is 5.19. The van der Waals surface area contributed by atoms with Crippen LogP contribution in [0.2, 0.25) is 0 Å². The smallest absolute Gasteiger partial charge is 0.304 e. The Morgan fingerprint density at radius 2 is 2.10 bits per heavy atom. The minimum atomic E-state index is -1.01. The quantitative estimate of drug-likeness (QED) is 0.919. The van der Waals surface area contributed by atoms with Crippen molar-refractivity contribution >= 4 is 5.97 Å². The fraction of sp³-hybridized carbons (Fsp3) is 0.500. The Hall–Kier alpha value is -1.98. The summed E-state index contributed by atoms with van der Waals surface area (Å²) in [5.74, 6) is -0.961. The van der Waals surface area contributed by atoms with Crippen LogP contribution >= 0.6 is 0 Å². The molecule has 0 unspecified atom stereocenters. The van der Waals surface area contributed by atoms with Gasteiger partial charge in [-0.3, -0.25) is 4.79 Å². The highest BCUT2D eigenvalue weighted by atomic mass is 19.1. The van der Waals surface area contributed by atoms with Crippen molar-refractivity contribution < 1.29 is 28.5 Å². The molecule has 1 aromatic rings. The average molecular weight is 284 g/mol. The fourth-order valence-corrected chi connectivity index (χ4v) is 2.36. The van der Waals surface area contributed by atoms with Gasteiger partial charge in [0.15, 0.2) is 23.1 Å². The third-order valence-electron chi connectivity index (χ3n) is 3.23. The normalized spacial score (nSPS) is 14.0. The van der Waals surface area contributed by atoms with E-state index in [1.807, 2.05) is 0 Å². The molecule has 110 valence electrons. The summed E-state index contributed by atoms with van der Waals surface area (Å²) in [5, 5.41) is 9.01. The van der Waals surface area contributed by atoms with Crippen molar-refractivity contribution in [1.29, 1.82) is 0 Å². The molecule has 0 fully saturated rings. The number of benzene rings is 1. The molecule has 0 saturated carbocycles. The molecular formula is C14H17FO5. The number of ether oxygens (including phenoxy) is 3. The van der Waals surface area contributed by atoms with Crippen LogP contribution in [0.5, 0.6) is 17.2 Å². The summed E-state index contributed by atoms with van der Waals surface area (Å²) in [6.07, 6.45) is -0.229. The molecule has 0 amide bonds. The maximum atomic E-state index is 14.6. The van der Waals surface area contributed by atoms with E-state index in [1.54, 1.807) is 13.8 Å². The van der Waals surface area contributed by atoms with Crippen LogP contribution in [0.15, 0.2) is 6.07 Å². The number of aliphatic carboxylic acids is 1. The van der Waals surface area contributed by atoms with Gasteiger partial charge in [-0.1, -0.05) is 13.8 Å². The van der Waals surface area contributed by atoms with Gasteiger partial charge in [0.25, 0.3) is 0 Å². The lowest BCUT2D eigenvalue weighted by molar-refractivity contribution is -0.138. The number of carbonyl (C=O) groups is 1. The standard InChI is InChI=1S/C14H17FO5/c1-14(2,7-10(16)17)11-12(15)8(18-3)6-9-13(11)20-5-4-19-9/h6H,4-5,7H2,1-3H3,(H,16,17). The van der Waals surface area contributed by atoms with Crippen molar-refractivity contribution in [3.63, 3.8) is 0 Å². The average Bonchev–Trinajstić information content (AvgIpc) is 2.35. The van der Waals surface area contributed by atoms with Gasteiger partial charge in [-0.25, -0.2) is 4.39 Å². The van der Waals surface area contributed by atoms with Gasteiger partial charge in [0, 0.05) is 17.0 Å². The second-order valence-corrected chi connectivity index (χ2v) is 5.25. The lowest BCUT2D eigenvalue weighted by Gasteiger charge is -2.30. The van der Waals surface area contributed by atoms with Crippen molar-refractivity contribution in [2.24, 2.45) is 0 Å². The van der Waals surface area contributed by atoms with Gasteiger partial charge >= 0.3 is 5.97 Å². The molecule has 20 heavy (non-hydrogen) atoms. The molecule has 0 aromatic heterocycles. The summed E-state index contributed by atoms with van der Waals surface area (Å²) in [5.41, 5.74) is -0.774. The van der Waals surface area contributed by atoms with Gasteiger partial charge in [-0.15, -0.1) is 0 Å². The Balaban J connectivity index is 2.63. The van der Waals surface area contributed by atoms with E-state index in [9.17, 15) is 9.18 Å². The van der Waals surface area contributed by atoms with Crippen molar-refractivity contribution in [3.8, 4) is 17.2 Å². The maximum Gasteiger partial charge on any atom is 0.304 e. The van der Waals surface area contributed by atoms with Crippen molar-refractivity contribution in [3.05, 3.63) is 17.4 Å². The van der Waals surface area contributed by atoms with E-state index in [0.29, 0.717) is 19.0 Å². The van der Waals surface area contributed by atoms with Crippen LogP contribution < -0.4 is 14.2 Å². The summed E-state index contributed by atoms with van der Waals surface area (Å²) in [7, 11) is 1.35. The van der Waals surface area contributed by atoms with Crippen LogP contribution in [0.1, 0.15) is 25.8 Å². The zero-order valence-electron chi connectivity index (χ0n) is 11.7. The molecule has 2 rings (SSSR count). The lowest BCUT2D eigenvalue weighted by Crippen LogP contribution is -2.27. The predicted octanol–water partition coefficient (Wildman–Crippen LogP) is 2.36. The van der Waals surface area contributed by atoms with Gasteiger partial charge in [-0.05, 0) is 0 Å². The molecular weight excluding hydrogens is 267 g/mol. The molecule has 0 bridgehead atoms. The predicted molar refractivity (Wildman–Crippen MR) is 69.2 cm³/mol. The van der Waals surface area contributed by atoms with E-state index in [0.717, 1.165) is 0 Å². The molecule has 0 atom stereocenters. The van der Waals surface area contributed by atoms with Crippen LogP contribution in [0.4, 0.5) is 4.39 Å². The zero-order chi connectivity index (χ0) is 14.9. The van der Waals surface area contributed by atoms with Gasteiger partial charge in [0.2, 0.25) is 0 Å². The number of rotatable bonds is 4. The van der Waals surface area contributed by atoms with Crippen LogP contribution in [0.25, 0.3) is 0 Å². The highest BCUT2D eigenvalue weighted by Gasteiger charge is 2.35. The Kier molecular flexibility index (Phi) is 3.74. The van der Waals surface area contributed by atoms with Gasteiger partial charge in [-0.2, -0.15) is 0 Å². The largest absolute Gasteiger partial charge is 0.494 e. The third kappa shape index (κ3) is 2.50. The molecule has 5 nitrogen and oxygen atoms in total. The van der Waals surface area contributed by atoms with Crippen LogP contribution in [0, 0.1) is 5.82 Å². The van der Waals surface area contributed by atoms with Crippen molar-refractivity contribution in [2.45, 2.75) is 25.7 Å². The number of carboxylic acid groups (broad SMARTS) is 1. The summed E-state index contributed by atoms with van der Waals surface area (Å²) in [6.45, 7) is 3.96. The molecule has 1 aliphatic heterocycles. The Morgan fingerprint density at radius 1 is 1.45 bits per heavy atom. The number of fused-ring (bicyclic) bond motifs is 1. The Bertz CT molecular complexity index is 539. The minimum absolute atomic E-state index is 0.0164. The van der Waals surface area contributed by atoms with E-state index in [4.69, 9.17) is 19.3 Å². The van der Waals surface area contributed by atoms with E-state index in [2.05, 4.69) is 0 Å². The maximum absolute atomic E-state index is 14.6. The first kappa shape index (κ1) is 14.4. The molecule has 6 heteroatoms. The van der Waals surface area contributed by atoms with Crippen LogP contribution in [0.3, 0.4) is 0 Å². The highest BCUT2D eigenvalue weighted by Crippen LogP contribution is 2.46. The molecule has 1 aromatic carbocycles. The monoisotopic (exact) mass is 284 g/mol.